The Morgan fingerprint density at radius 1 is 1.10 bits per heavy atom. The molecule has 0 radical (unpaired) electrons. The van der Waals surface area contributed by atoms with Crippen LogP contribution in [-0.4, -0.2) is 65.8 Å². The second-order valence-corrected chi connectivity index (χ2v) is 9.96. The Morgan fingerprint density at radius 2 is 1.73 bits per heavy atom. The van der Waals surface area contributed by atoms with Gasteiger partial charge in [0, 0.05) is 45.5 Å². The summed E-state index contributed by atoms with van der Waals surface area (Å²) in [6, 6.07) is 12.8. The van der Waals surface area contributed by atoms with E-state index in [1.165, 1.54) is 24.9 Å². The zero-order chi connectivity index (χ0) is 21.9. The van der Waals surface area contributed by atoms with Gasteiger partial charge >= 0.3 is 0 Å². The fraction of sp³-hybridized carbons (Fsp3) is 0.381. The summed E-state index contributed by atoms with van der Waals surface area (Å²) in [5.41, 5.74) is 2.88. The molecule has 1 amide bonds. The lowest BCUT2D eigenvalue weighted by molar-refractivity contribution is 0.0951. The molecule has 0 spiro atoms. The zero-order valence-corrected chi connectivity index (χ0v) is 19.0. The van der Waals surface area contributed by atoms with E-state index in [0.29, 0.717) is 17.8 Å². The molecule has 0 saturated carbocycles. The average molecular weight is 451 g/mol. The van der Waals surface area contributed by atoms with Crippen molar-refractivity contribution in [1.29, 1.82) is 0 Å². The summed E-state index contributed by atoms with van der Waals surface area (Å²) in [6.07, 6.45) is 1.11. The number of carbonyl (C=O) groups excluding carboxylic acids is 1. The summed E-state index contributed by atoms with van der Waals surface area (Å²) in [5, 5.41) is 3.06. The van der Waals surface area contributed by atoms with E-state index >= 15 is 0 Å². The number of hydrogen-bond donors (Lipinski definition) is 1. The van der Waals surface area contributed by atoms with E-state index < -0.39 is 10.0 Å². The number of nitrogens with one attached hydrogen (secondary N) is 1. The van der Waals surface area contributed by atoms with Gasteiger partial charge in [0.15, 0.2) is 0 Å². The van der Waals surface area contributed by atoms with Gasteiger partial charge in [-0.3, -0.25) is 9.10 Å². The number of anilines is 2. The van der Waals surface area contributed by atoms with Gasteiger partial charge in [-0.2, -0.15) is 0 Å². The molecule has 2 aromatic carbocycles. The molecule has 1 aliphatic heterocycles. The highest BCUT2D eigenvalue weighted by Crippen LogP contribution is 2.24. The normalized spacial score (nSPS) is 15.1. The first-order valence-electron chi connectivity index (χ1n) is 9.69. The molecule has 1 fully saturated rings. The molecule has 1 heterocycles. The van der Waals surface area contributed by atoms with Gasteiger partial charge in [-0.15, -0.1) is 0 Å². The van der Waals surface area contributed by atoms with Gasteiger partial charge in [0.2, 0.25) is 10.0 Å². The van der Waals surface area contributed by atoms with Crippen molar-refractivity contribution in [1.82, 2.24) is 10.2 Å². The Kier molecular flexibility index (Phi) is 6.90. The van der Waals surface area contributed by atoms with E-state index in [9.17, 15) is 13.2 Å². The molecule has 9 heteroatoms. The Labute approximate surface area is 183 Å². The maximum atomic E-state index is 12.5. The van der Waals surface area contributed by atoms with Crippen LogP contribution in [0.2, 0.25) is 5.02 Å². The summed E-state index contributed by atoms with van der Waals surface area (Å²) < 4.78 is 24.4. The van der Waals surface area contributed by atoms with Crippen molar-refractivity contribution < 1.29 is 13.2 Å². The predicted molar refractivity (Wildman–Crippen MR) is 122 cm³/mol. The highest BCUT2D eigenvalue weighted by Gasteiger charge is 2.17. The molecule has 2 aromatic rings. The number of amides is 1. The lowest BCUT2D eigenvalue weighted by Crippen LogP contribution is -2.44. The van der Waals surface area contributed by atoms with Crippen LogP contribution in [-0.2, 0) is 16.6 Å². The molecule has 1 aliphatic rings. The first-order chi connectivity index (χ1) is 14.1. The topological polar surface area (TPSA) is 73.0 Å². The second kappa shape index (κ2) is 9.24. The molecule has 3 rings (SSSR count). The number of piperazine rings is 1. The summed E-state index contributed by atoms with van der Waals surface area (Å²) in [4.78, 5) is 17.2. The Morgan fingerprint density at radius 3 is 2.30 bits per heavy atom. The maximum Gasteiger partial charge on any atom is 0.253 e. The van der Waals surface area contributed by atoms with E-state index in [-0.39, 0.29) is 10.9 Å². The molecule has 0 aromatic heterocycles. The summed E-state index contributed by atoms with van der Waals surface area (Å²) in [6.45, 7) is 4.50. The zero-order valence-electron chi connectivity index (χ0n) is 17.4. The van der Waals surface area contributed by atoms with Crippen molar-refractivity contribution >= 4 is 38.9 Å². The van der Waals surface area contributed by atoms with Gasteiger partial charge in [0.05, 0.1) is 22.5 Å². The van der Waals surface area contributed by atoms with Crippen LogP contribution >= 0.6 is 11.6 Å². The molecule has 0 atom stereocenters. The number of likely N-dealkylation sites (N-methyl/N-ethyl adjacent to an activating group) is 1. The minimum atomic E-state index is -3.40. The van der Waals surface area contributed by atoms with Gasteiger partial charge in [0.1, 0.15) is 0 Å². The second-order valence-electron chi connectivity index (χ2n) is 7.53. The van der Waals surface area contributed by atoms with Crippen molar-refractivity contribution in [3.05, 3.63) is 58.6 Å². The molecule has 1 saturated heterocycles. The van der Waals surface area contributed by atoms with Gasteiger partial charge in [-0.25, -0.2) is 8.42 Å². The molecule has 7 nitrogen and oxygen atoms in total. The Hall–Kier alpha value is -2.29. The number of halogens is 1. The van der Waals surface area contributed by atoms with Crippen molar-refractivity contribution in [3.63, 3.8) is 0 Å². The number of hydrogen-bond acceptors (Lipinski definition) is 5. The van der Waals surface area contributed by atoms with Crippen LogP contribution < -0.4 is 14.5 Å². The fourth-order valence-electron chi connectivity index (χ4n) is 3.24. The lowest BCUT2D eigenvalue weighted by Gasteiger charge is -2.34. The standard InChI is InChI=1S/C21H27ClN4O3S/c1-24-10-12-26(13-11-24)17-6-4-16(5-7-17)15-23-21(27)19-9-8-18(14-20(19)22)25(2)30(3,28)29/h4-9,14H,10-13,15H2,1-3H3,(H,23,27). The van der Waals surface area contributed by atoms with Gasteiger partial charge in [-0.05, 0) is 42.9 Å². The smallest absolute Gasteiger partial charge is 0.253 e. The first kappa shape index (κ1) is 22.4. The van der Waals surface area contributed by atoms with Gasteiger partial charge in [0.25, 0.3) is 5.91 Å². The summed E-state index contributed by atoms with van der Waals surface area (Å²) in [5.74, 6) is -0.309. The van der Waals surface area contributed by atoms with Crippen molar-refractivity contribution in [3.8, 4) is 0 Å². The van der Waals surface area contributed by atoms with E-state index in [0.717, 1.165) is 42.3 Å². The maximum absolute atomic E-state index is 12.5. The van der Waals surface area contributed by atoms with E-state index in [4.69, 9.17) is 11.6 Å². The van der Waals surface area contributed by atoms with Crippen LogP contribution in [0.5, 0.6) is 0 Å². The van der Waals surface area contributed by atoms with Crippen molar-refractivity contribution in [2.24, 2.45) is 0 Å². The van der Waals surface area contributed by atoms with E-state index in [2.05, 4.69) is 34.3 Å². The SMILES string of the molecule is CN1CCN(c2ccc(CNC(=O)c3ccc(N(C)S(C)(=O)=O)cc3Cl)cc2)CC1. The third-order valence-electron chi connectivity index (χ3n) is 5.32. The van der Waals surface area contributed by atoms with Crippen LogP contribution in [0.1, 0.15) is 15.9 Å². The van der Waals surface area contributed by atoms with Crippen LogP contribution in [0, 0.1) is 0 Å². The highest BCUT2D eigenvalue weighted by molar-refractivity contribution is 7.92. The van der Waals surface area contributed by atoms with Crippen LogP contribution in [0.3, 0.4) is 0 Å². The van der Waals surface area contributed by atoms with E-state index in [1.54, 1.807) is 6.07 Å². The average Bonchev–Trinajstić information content (AvgIpc) is 2.71. The Balaban J connectivity index is 1.60. The number of carbonyl (C=O) groups is 1. The number of nitrogens with zero attached hydrogens (tertiary/aromatic N) is 3. The lowest BCUT2D eigenvalue weighted by atomic mass is 10.1. The van der Waals surface area contributed by atoms with Crippen molar-refractivity contribution in [2.45, 2.75) is 6.54 Å². The number of sulfonamides is 1. The molecular formula is C21H27ClN4O3S. The number of benzene rings is 2. The van der Waals surface area contributed by atoms with Crippen LogP contribution in [0.15, 0.2) is 42.5 Å². The highest BCUT2D eigenvalue weighted by atomic mass is 35.5. The monoisotopic (exact) mass is 450 g/mol. The molecule has 1 N–H and O–H groups in total. The fourth-order valence-corrected chi connectivity index (χ4v) is 4.00. The van der Waals surface area contributed by atoms with Gasteiger partial charge in [-0.1, -0.05) is 23.7 Å². The first-order valence-corrected chi connectivity index (χ1v) is 11.9. The molecule has 0 unspecified atom stereocenters. The summed E-state index contributed by atoms with van der Waals surface area (Å²) in [7, 11) is 0.171. The molecule has 0 bridgehead atoms. The third kappa shape index (κ3) is 5.44. The quantitative estimate of drug-likeness (QED) is 0.731. The molecule has 0 aliphatic carbocycles. The minimum absolute atomic E-state index is 0.200. The van der Waals surface area contributed by atoms with Crippen LogP contribution in [0.25, 0.3) is 0 Å². The predicted octanol–water partition coefficient (Wildman–Crippen LogP) is 2.42. The third-order valence-corrected chi connectivity index (χ3v) is 6.83. The molecule has 162 valence electrons. The molecular weight excluding hydrogens is 424 g/mol. The van der Waals surface area contributed by atoms with Crippen molar-refractivity contribution in [2.75, 3.05) is 55.7 Å². The minimum Gasteiger partial charge on any atom is -0.369 e. The summed E-state index contributed by atoms with van der Waals surface area (Å²) >= 11 is 6.23. The largest absolute Gasteiger partial charge is 0.369 e. The molecule has 30 heavy (non-hydrogen) atoms. The Bertz CT molecular complexity index is 1000. The van der Waals surface area contributed by atoms with Crippen LogP contribution in [0.4, 0.5) is 11.4 Å². The number of rotatable bonds is 6. The van der Waals surface area contributed by atoms with Gasteiger partial charge < -0.3 is 15.1 Å². The van der Waals surface area contributed by atoms with E-state index in [1.807, 2.05) is 12.1 Å².